The molecule has 2 rings (SSSR count). The summed E-state index contributed by atoms with van der Waals surface area (Å²) in [6.45, 7) is 3.89. The van der Waals surface area contributed by atoms with Gasteiger partial charge in [-0.3, -0.25) is 20.2 Å². The maximum atomic E-state index is 12.5. The molecule has 0 N–H and O–H groups in total. The number of nitro benzene ring substituents is 2. The van der Waals surface area contributed by atoms with Crippen molar-refractivity contribution in [1.29, 1.82) is 0 Å². The molecular weight excluding hydrogens is 440 g/mol. The van der Waals surface area contributed by atoms with Crippen LogP contribution in [0.15, 0.2) is 72.2 Å². The second-order valence-electron chi connectivity index (χ2n) is 6.93. The van der Waals surface area contributed by atoms with Gasteiger partial charge in [-0.05, 0) is 49.3 Å². The molecule has 0 atom stereocenters. The average Bonchev–Trinajstić information content (AvgIpc) is 2.81. The van der Waals surface area contributed by atoms with Crippen LogP contribution in [0.2, 0.25) is 0 Å². The van der Waals surface area contributed by atoms with Crippen LogP contribution in [-0.2, 0) is 12.8 Å². The van der Waals surface area contributed by atoms with Gasteiger partial charge in [-0.15, -0.1) is 11.5 Å². The first kappa shape index (κ1) is 25.8. The standard InChI is InChI=1S/C25H24N2O7/c1-3-5-7-9-11-19-17-21(26(29)30)13-15-23(19)33-25(28)34-24-16-14-22(27(31)32)18-20(24)12-10-8-6-4-2/h5-6,9-10,13-18H,3-4,11-12H2,1-2H3. The van der Waals surface area contributed by atoms with Gasteiger partial charge in [-0.25, -0.2) is 4.79 Å². The lowest BCUT2D eigenvalue weighted by atomic mass is 10.1. The molecule has 2 aromatic rings. The van der Waals surface area contributed by atoms with Gasteiger partial charge < -0.3 is 9.47 Å². The van der Waals surface area contributed by atoms with Crippen molar-refractivity contribution in [3.05, 3.63) is 104 Å². The fourth-order valence-electron chi connectivity index (χ4n) is 2.82. The normalized spacial score (nSPS) is 9.71. The van der Waals surface area contributed by atoms with Gasteiger partial charge >= 0.3 is 6.16 Å². The van der Waals surface area contributed by atoms with Crippen LogP contribution in [0.4, 0.5) is 16.2 Å². The minimum Gasteiger partial charge on any atom is -0.394 e. The van der Waals surface area contributed by atoms with Gasteiger partial charge in [0.15, 0.2) is 0 Å². The molecule has 0 radical (unpaired) electrons. The SMILES string of the molecule is CCC=C=CCc1cc([N+](=O)[O-])ccc1OC(=O)Oc1ccc([N+](=O)[O-])cc1CC=C=CCC. The van der Waals surface area contributed by atoms with Crippen molar-refractivity contribution < 1.29 is 24.1 Å². The predicted octanol–water partition coefficient (Wildman–Crippen LogP) is 6.41. The van der Waals surface area contributed by atoms with E-state index in [-0.39, 0.29) is 35.7 Å². The fraction of sp³-hybridized carbons (Fsp3) is 0.240. The molecule has 0 saturated heterocycles. The summed E-state index contributed by atoms with van der Waals surface area (Å²) < 4.78 is 10.6. The van der Waals surface area contributed by atoms with Crippen molar-refractivity contribution in [3.63, 3.8) is 0 Å². The number of hydrogen-bond acceptors (Lipinski definition) is 7. The van der Waals surface area contributed by atoms with E-state index in [0.717, 1.165) is 12.8 Å². The van der Waals surface area contributed by atoms with Crippen molar-refractivity contribution in [2.24, 2.45) is 0 Å². The first-order chi connectivity index (χ1) is 16.3. The Balaban J connectivity index is 2.29. The van der Waals surface area contributed by atoms with Crippen molar-refractivity contribution >= 4 is 17.5 Å². The van der Waals surface area contributed by atoms with Crippen LogP contribution in [0.1, 0.15) is 37.8 Å². The van der Waals surface area contributed by atoms with E-state index >= 15 is 0 Å². The van der Waals surface area contributed by atoms with Crippen molar-refractivity contribution in [1.82, 2.24) is 0 Å². The highest BCUT2D eigenvalue weighted by atomic mass is 16.7. The topological polar surface area (TPSA) is 122 Å². The maximum Gasteiger partial charge on any atom is 0.519 e. The van der Waals surface area contributed by atoms with Gasteiger partial charge in [-0.2, -0.15) is 0 Å². The van der Waals surface area contributed by atoms with Crippen LogP contribution in [-0.4, -0.2) is 16.0 Å². The molecular formula is C25H24N2O7. The molecule has 0 heterocycles. The van der Waals surface area contributed by atoms with Crippen molar-refractivity contribution in [3.8, 4) is 11.5 Å². The van der Waals surface area contributed by atoms with Crippen LogP contribution < -0.4 is 9.47 Å². The molecule has 0 aliphatic carbocycles. The lowest BCUT2D eigenvalue weighted by Crippen LogP contribution is -2.15. The number of nitro groups is 2. The third-order valence-corrected chi connectivity index (χ3v) is 4.42. The number of carbonyl (C=O) groups is 1. The average molecular weight is 464 g/mol. The second-order valence-corrected chi connectivity index (χ2v) is 6.93. The summed E-state index contributed by atoms with van der Waals surface area (Å²) in [6, 6.07) is 7.71. The molecule has 9 nitrogen and oxygen atoms in total. The third kappa shape index (κ3) is 7.91. The molecule has 0 aromatic heterocycles. The third-order valence-electron chi connectivity index (χ3n) is 4.42. The van der Waals surface area contributed by atoms with E-state index in [1.807, 2.05) is 13.8 Å². The molecule has 0 aliphatic rings. The minimum atomic E-state index is -1.08. The lowest BCUT2D eigenvalue weighted by molar-refractivity contribution is -0.385. The molecule has 0 bridgehead atoms. The first-order valence-corrected chi connectivity index (χ1v) is 10.6. The molecule has 0 spiro atoms. The van der Waals surface area contributed by atoms with Crippen molar-refractivity contribution in [2.45, 2.75) is 39.5 Å². The summed E-state index contributed by atoms with van der Waals surface area (Å²) >= 11 is 0. The summed E-state index contributed by atoms with van der Waals surface area (Å²) in [5.41, 5.74) is 6.40. The van der Waals surface area contributed by atoms with E-state index in [1.54, 1.807) is 24.3 Å². The zero-order valence-electron chi connectivity index (χ0n) is 18.9. The number of carbonyl (C=O) groups excluding carboxylic acids is 1. The number of nitrogens with zero attached hydrogens (tertiary/aromatic N) is 2. The van der Waals surface area contributed by atoms with Gasteiger partial charge in [0.2, 0.25) is 0 Å². The van der Waals surface area contributed by atoms with Gasteiger partial charge in [0.05, 0.1) is 9.85 Å². The molecule has 34 heavy (non-hydrogen) atoms. The summed E-state index contributed by atoms with van der Waals surface area (Å²) in [7, 11) is 0. The molecule has 9 heteroatoms. The summed E-state index contributed by atoms with van der Waals surface area (Å²) in [4.78, 5) is 33.7. The second kappa shape index (κ2) is 13.2. The Labute approximate surface area is 196 Å². The van der Waals surface area contributed by atoms with Crippen LogP contribution >= 0.6 is 0 Å². The van der Waals surface area contributed by atoms with Gasteiger partial charge in [0, 0.05) is 48.2 Å². The highest BCUT2D eigenvalue weighted by Gasteiger charge is 2.18. The van der Waals surface area contributed by atoms with E-state index in [2.05, 4.69) is 11.5 Å². The zero-order valence-corrected chi connectivity index (χ0v) is 18.9. The number of benzene rings is 2. The number of rotatable bonds is 10. The molecule has 0 unspecified atom stereocenters. The van der Waals surface area contributed by atoms with Crippen LogP contribution in [0.5, 0.6) is 11.5 Å². The first-order valence-electron chi connectivity index (χ1n) is 10.6. The van der Waals surface area contributed by atoms with Crippen LogP contribution in [0.25, 0.3) is 0 Å². The van der Waals surface area contributed by atoms with Gasteiger partial charge in [0.1, 0.15) is 11.5 Å². The largest absolute Gasteiger partial charge is 0.519 e. The molecule has 0 saturated carbocycles. The molecule has 2 aromatic carbocycles. The predicted molar refractivity (Wildman–Crippen MR) is 126 cm³/mol. The Morgan fingerprint density at radius 2 is 1.21 bits per heavy atom. The lowest BCUT2D eigenvalue weighted by Gasteiger charge is -2.11. The maximum absolute atomic E-state index is 12.5. The van der Waals surface area contributed by atoms with E-state index in [9.17, 15) is 25.0 Å². The zero-order chi connectivity index (χ0) is 24.9. The van der Waals surface area contributed by atoms with Crippen molar-refractivity contribution in [2.75, 3.05) is 0 Å². The Morgan fingerprint density at radius 3 is 1.56 bits per heavy atom. The smallest absolute Gasteiger partial charge is 0.394 e. The monoisotopic (exact) mass is 464 g/mol. The molecule has 0 amide bonds. The molecule has 176 valence electrons. The Bertz CT molecular complexity index is 1100. The van der Waals surface area contributed by atoms with Gasteiger partial charge in [0.25, 0.3) is 11.4 Å². The Kier molecular flexibility index (Phi) is 10.0. The summed E-state index contributed by atoms with van der Waals surface area (Å²) in [6.07, 6.45) is 7.92. The number of ether oxygens (including phenoxy) is 2. The Hall–Kier alpha value is -4.45. The quantitative estimate of drug-likeness (QED) is 0.131. The van der Waals surface area contributed by atoms with E-state index in [4.69, 9.17) is 9.47 Å². The molecule has 0 fully saturated rings. The molecule has 0 aliphatic heterocycles. The van der Waals surface area contributed by atoms with Crippen LogP contribution in [0.3, 0.4) is 0 Å². The van der Waals surface area contributed by atoms with Crippen LogP contribution in [0, 0.1) is 20.2 Å². The number of allylic oxidation sites excluding steroid dienone is 2. The fourth-order valence-corrected chi connectivity index (χ4v) is 2.82. The highest BCUT2D eigenvalue weighted by Crippen LogP contribution is 2.28. The minimum absolute atomic E-state index is 0.0967. The van der Waals surface area contributed by atoms with E-state index in [1.165, 1.54) is 36.4 Å². The highest BCUT2D eigenvalue weighted by molar-refractivity contribution is 5.69. The Morgan fingerprint density at radius 1 is 0.794 bits per heavy atom. The summed E-state index contributed by atoms with van der Waals surface area (Å²) in [5.74, 6) is 0.193. The van der Waals surface area contributed by atoms with E-state index < -0.39 is 16.0 Å². The summed E-state index contributed by atoms with van der Waals surface area (Å²) in [5, 5.41) is 22.3. The number of hydrogen-bond donors (Lipinski definition) is 0. The van der Waals surface area contributed by atoms with E-state index in [0.29, 0.717) is 11.1 Å². The van der Waals surface area contributed by atoms with Gasteiger partial charge in [-0.1, -0.05) is 13.8 Å². The number of non-ortho nitro benzene ring substituents is 2.